The van der Waals surface area contributed by atoms with Gasteiger partial charge in [-0.3, -0.25) is 9.97 Å². The third kappa shape index (κ3) is 1.64. The maximum absolute atomic E-state index is 5.64. The smallest absolute Gasteiger partial charge is 0.0737 e. The van der Waals surface area contributed by atoms with Gasteiger partial charge < -0.3 is 5.73 Å². The summed E-state index contributed by atoms with van der Waals surface area (Å²) in [4.78, 5) is 8.20. The highest BCUT2D eigenvalue weighted by Gasteiger charge is 1.97. The third-order valence-corrected chi connectivity index (χ3v) is 1.74. The van der Waals surface area contributed by atoms with E-state index in [1.807, 2.05) is 18.2 Å². The van der Waals surface area contributed by atoms with E-state index in [1.54, 1.807) is 24.7 Å². The summed E-state index contributed by atoms with van der Waals surface area (Å²) in [6.07, 6.45) is 5.19. The molecule has 0 atom stereocenters. The van der Waals surface area contributed by atoms with Crippen molar-refractivity contribution in [2.24, 2.45) is 0 Å². The van der Waals surface area contributed by atoms with Crippen LogP contribution in [0.25, 0.3) is 11.3 Å². The number of rotatable bonds is 1. The van der Waals surface area contributed by atoms with Crippen molar-refractivity contribution in [2.45, 2.75) is 0 Å². The van der Waals surface area contributed by atoms with Crippen LogP contribution in [0.4, 0.5) is 5.69 Å². The van der Waals surface area contributed by atoms with Crippen molar-refractivity contribution in [3.8, 4) is 11.3 Å². The van der Waals surface area contributed by atoms with Crippen molar-refractivity contribution in [2.75, 3.05) is 5.73 Å². The zero-order valence-electron chi connectivity index (χ0n) is 7.01. The Labute approximate surface area is 76.3 Å². The largest absolute Gasteiger partial charge is 0.399 e. The van der Waals surface area contributed by atoms with E-state index in [9.17, 15) is 0 Å². The Bertz CT molecular complexity index is 398. The second-order valence-electron chi connectivity index (χ2n) is 2.72. The van der Waals surface area contributed by atoms with E-state index in [1.165, 1.54) is 0 Å². The van der Waals surface area contributed by atoms with E-state index < -0.39 is 0 Å². The number of pyridine rings is 2. The molecule has 0 aliphatic heterocycles. The van der Waals surface area contributed by atoms with Crippen LogP contribution >= 0.6 is 0 Å². The van der Waals surface area contributed by atoms with Gasteiger partial charge in [-0.25, -0.2) is 0 Å². The maximum Gasteiger partial charge on any atom is 0.0737 e. The van der Waals surface area contributed by atoms with Crippen molar-refractivity contribution >= 4 is 5.69 Å². The van der Waals surface area contributed by atoms with Crippen LogP contribution in [-0.4, -0.2) is 9.97 Å². The molecule has 3 heteroatoms. The van der Waals surface area contributed by atoms with Gasteiger partial charge in [0, 0.05) is 29.8 Å². The van der Waals surface area contributed by atoms with Crippen LogP contribution in [0, 0.1) is 0 Å². The fraction of sp³-hybridized carbons (Fsp3) is 0. The monoisotopic (exact) mass is 171 g/mol. The van der Waals surface area contributed by atoms with Gasteiger partial charge in [-0.2, -0.15) is 0 Å². The van der Waals surface area contributed by atoms with Crippen molar-refractivity contribution in [1.82, 2.24) is 9.97 Å². The Balaban J connectivity index is 2.48. The minimum atomic E-state index is 0.717. The minimum Gasteiger partial charge on any atom is -0.399 e. The molecular formula is C10H9N3. The lowest BCUT2D eigenvalue weighted by Crippen LogP contribution is -1.88. The van der Waals surface area contributed by atoms with Crippen LogP contribution in [0.3, 0.4) is 0 Å². The second kappa shape index (κ2) is 3.23. The Morgan fingerprint density at radius 2 is 2.08 bits per heavy atom. The molecule has 0 radical (unpaired) electrons. The van der Waals surface area contributed by atoms with E-state index >= 15 is 0 Å². The molecule has 0 amide bonds. The van der Waals surface area contributed by atoms with Crippen molar-refractivity contribution < 1.29 is 0 Å². The van der Waals surface area contributed by atoms with Crippen LogP contribution in [0.1, 0.15) is 0 Å². The number of hydrogen-bond acceptors (Lipinski definition) is 3. The van der Waals surface area contributed by atoms with Gasteiger partial charge in [-0.05, 0) is 24.3 Å². The first kappa shape index (κ1) is 7.73. The highest BCUT2D eigenvalue weighted by atomic mass is 14.7. The number of nitrogens with zero attached hydrogens (tertiary/aromatic N) is 2. The quantitative estimate of drug-likeness (QED) is 0.710. The van der Waals surface area contributed by atoms with Crippen LogP contribution < -0.4 is 5.73 Å². The topological polar surface area (TPSA) is 51.8 Å². The molecule has 0 saturated heterocycles. The minimum absolute atomic E-state index is 0.717. The van der Waals surface area contributed by atoms with E-state index in [2.05, 4.69) is 9.97 Å². The van der Waals surface area contributed by atoms with E-state index in [4.69, 9.17) is 5.73 Å². The van der Waals surface area contributed by atoms with Crippen molar-refractivity contribution in [3.63, 3.8) is 0 Å². The van der Waals surface area contributed by atoms with Gasteiger partial charge in [0.1, 0.15) is 0 Å². The van der Waals surface area contributed by atoms with Crippen molar-refractivity contribution in [3.05, 3.63) is 42.9 Å². The maximum atomic E-state index is 5.64. The lowest BCUT2D eigenvalue weighted by Gasteiger charge is -1.99. The predicted octanol–water partition coefficient (Wildman–Crippen LogP) is 1.73. The van der Waals surface area contributed by atoms with Gasteiger partial charge >= 0.3 is 0 Å². The molecule has 0 spiro atoms. The van der Waals surface area contributed by atoms with Gasteiger partial charge in [-0.15, -0.1) is 0 Å². The standard InChI is InChI=1S/C10H9N3/c11-9-3-5-13-10(6-9)8-2-1-4-12-7-8/h1-7H,(H2,11,13). The molecule has 0 aromatic carbocycles. The molecule has 2 heterocycles. The Morgan fingerprint density at radius 3 is 2.77 bits per heavy atom. The van der Waals surface area contributed by atoms with Gasteiger partial charge in [-0.1, -0.05) is 0 Å². The summed E-state index contributed by atoms with van der Waals surface area (Å²) >= 11 is 0. The first-order chi connectivity index (χ1) is 6.36. The van der Waals surface area contributed by atoms with E-state index in [0.717, 1.165) is 11.3 Å². The molecule has 0 unspecified atom stereocenters. The number of nitrogens with two attached hydrogens (primary N) is 1. The lowest BCUT2D eigenvalue weighted by molar-refractivity contribution is 1.28. The highest BCUT2D eigenvalue weighted by Crippen LogP contribution is 2.16. The van der Waals surface area contributed by atoms with Crippen LogP contribution in [0.15, 0.2) is 42.9 Å². The summed E-state index contributed by atoms with van der Waals surface area (Å²) in [6, 6.07) is 7.42. The zero-order chi connectivity index (χ0) is 9.10. The molecule has 2 aromatic rings. The van der Waals surface area contributed by atoms with Gasteiger partial charge in [0.25, 0.3) is 0 Å². The molecule has 0 saturated carbocycles. The predicted molar refractivity (Wildman–Crippen MR) is 51.9 cm³/mol. The van der Waals surface area contributed by atoms with Gasteiger partial charge in [0.05, 0.1) is 5.69 Å². The van der Waals surface area contributed by atoms with Crippen LogP contribution in [0.5, 0.6) is 0 Å². The average Bonchev–Trinajstić information content (AvgIpc) is 2.19. The summed E-state index contributed by atoms with van der Waals surface area (Å²) in [5, 5.41) is 0. The lowest BCUT2D eigenvalue weighted by atomic mass is 10.2. The summed E-state index contributed by atoms with van der Waals surface area (Å²) in [5.74, 6) is 0. The number of anilines is 1. The summed E-state index contributed by atoms with van der Waals surface area (Å²) in [6.45, 7) is 0. The first-order valence-corrected chi connectivity index (χ1v) is 3.98. The molecule has 13 heavy (non-hydrogen) atoms. The average molecular weight is 171 g/mol. The molecule has 0 fully saturated rings. The normalized spacial score (nSPS) is 9.85. The van der Waals surface area contributed by atoms with E-state index in [-0.39, 0.29) is 0 Å². The molecule has 2 aromatic heterocycles. The Kier molecular flexibility index (Phi) is 1.92. The SMILES string of the molecule is Nc1ccnc(-c2cccnc2)c1. The zero-order valence-corrected chi connectivity index (χ0v) is 7.01. The Hall–Kier alpha value is -1.90. The number of nitrogen functional groups attached to an aromatic ring is 1. The van der Waals surface area contributed by atoms with E-state index in [0.29, 0.717) is 5.69 Å². The highest BCUT2D eigenvalue weighted by molar-refractivity contribution is 5.61. The third-order valence-electron chi connectivity index (χ3n) is 1.74. The van der Waals surface area contributed by atoms with Crippen molar-refractivity contribution in [1.29, 1.82) is 0 Å². The Morgan fingerprint density at radius 1 is 1.15 bits per heavy atom. The summed E-state index contributed by atoms with van der Waals surface area (Å²) in [7, 11) is 0. The van der Waals surface area contributed by atoms with Gasteiger partial charge in [0.2, 0.25) is 0 Å². The number of hydrogen-bond donors (Lipinski definition) is 1. The fourth-order valence-corrected chi connectivity index (χ4v) is 1.12. The number of aromatic nitrogens is 2. The molecular weight excluding hydrogens is 162 g/mol. The molecule has 64 valence electrons. The molecule has 0 bridgehead atoms. The first-order valence-electron chi connectivity index (χ1n) is 3.98. The molecule has 0 aliphatic rings. The molecule has 2 rings (SSSR count). The molecule has 2 N–H and O–H groups in total. The fourth-order valence-electron chi connectivity index (χ4n) is 1.12. The molecule has 3 nitrogen and oxygen atoms in total. The van der Waals surface area contributed by atoms with Crippen LogP contribution in [0.2, 0.25) is 0 Å². The summed E-state index contributed by atoms with van der Waals surface area (Å²) in [5.41, 5.74) is 8.19. The summed E-state index contributed by atoms with van der Waals surface area (Å²) < 4.78 is 0. The van der Waals surface area contributed by atoms with Gasteiger partial charge in [0.15, 0.2) is 0 Å². The second-order valence-corrected chi connectivity index (χ2v) is 2.72. The molecule has 0 aliphatic carbocycles. The van der Waals surface area contributed by atoms with Crippen LogP contribution in [-0.2, 0) is 0 Å².